The van der Waals surface area contributed by atoms with Crippen LogP contribution in [0.2, 0.25) is 0 Å². The summed E-state index contributed by atoms with van der Waals surface area (Å²) in [6.45, 7) is 3.78. The first-order chi connectivity index (χ1) is 19.6. The summed E-state index contributed by atoms with van der Waals surface area (Å²) < 4.78 is 18.8. The molecule has 1 N–H and O–H groups in total. The van der Waals surface area contributed by atoms with Crippen molar-refractivity contribution in [2.45, 2.75) is 38.5 Å². The van der Waals surface area contributed by atoms with Crippen molar-refractivity contribution in [2.75, 3.05) is 31.3 Å². The van der Waals surface area contributed by atoms with Crippen molar-refractivity contribution in [3.63, 3.8) is 0 Å². The molecular formula is C30H31N5O5. The average Bonchev–Trinajstić information content (AvgIpc) is 3.65. The van der Waals surface area contributed by atoms with E-state index in [-0.39, 0.29) is 24.5 Å². The predicted molar refractivity (Wildman–Crippen MR) is 148 cm³/mol. The first-order valence-electron chi connectivity index (χ1n) is 13.5. The first-order valence-corrected chi connectivity index (χ1v) is 13.5. The fourth-order valence-corrected chi connectivity index (χ4v) is 5.14. The minimum absolute atomic E-state index is 0.0393. The molecule has 0 aliphatic carbocycles. The Labute approximate surface area is 231 Å². The molecule has 3 heterocycles. The van der Waals surface area contributed by atoms with Crippen LogP contribution >= 0.6 is 0 Å². The van der Waals surface area contributed by atoms with Gasteiger partial charge in [0.05, 0.1) is 11.6 Å². The highest BCUT2D eigenvalue weighted by molar-refractivity contribution is 6.01. The summed E-state index contributed by atoms with van der Waals surface area (Å²) in [4.78, 5) is 29.7. The van der Waals surface area contributed by atoms with Crippen LogP contribution in [0.5, 0.6) is 11.5 Å². The van der Waals surface area contributed by atoms with Crippen molar-refractivity contribution in [3.05, 3.63) is 77.9 Å². The van der Waals surface area contributed by atoms with Crippen LogP contribution in [0.3, 0.4) is 0 Å². The molecule has 0 spiro atoms. The second-order valence-corrected chi connectivity index (χ2v) is 10.0. The highest BCUT2D eigenvalue weighted by Crippen LogP contribution is 2.37. The molecule has 3 aromatic carbocycles. The number of fused-ring (bicyclic) bond motifs is 2. The van der Waals surface area contributed by atoms with E-state index < -0.39 is 6.04 Å². The summed E-state index contributed by atoms with van der Waals surface area (Å²) >= 11 is 0. The number of carbonyl (C=O) groups excluding carboxylic acids is 2. The fourth-order valence-electron chi connectivity index (χ4n) is 5.14. The molecule has 6 rings (SSSR count). The number of amides is 2. The van der Waals surface area contributed by atoms with Gasteiger partial charge in [-0.3, -0.25) is 14.5 Å². The minimum Gasteiger partial charge on any atom is -0.486 e. The Morgan fingerprint density at radius 2 is 1.82 bits per heavy atom. The molecule has 2 aliphatic rings. The van der Waals surface area contributed by atoms with E-state index in [1.54, 1.807) is 22.9 Å². The van der Waals surface area contributed by atoms with E-state index in [1.807, 2.05) is 55.5 Å². The topological polar surface area (TPSA) is 108 Å². The monoisotopic (exact) mass is 541 g/mol. The number of ether oxygens (including phenoxy) is 3. The zero-order chi connectivity index (χ0) is 27.5. The molecule has 1 saturated heterocycles. The highest BCUT2D eigenvalue weighted by atomic mass is 16.6. The normalized spacial score (nSPS) is 17.0. The number of anilines is 1. The summed E-state index contributed by atoms with van der Waals surface area (Å²) in [7, 11) is 0. The molecular weight excluding hydrogens is 510 g/mol. The van der Waals surface area contributed by atoms with Crippen LogP contribution in [-0.4, -0.2) is 59.3 Å². The van der Waals surface area contributed by atoms with E-state index >= 15 is 0 Å². The van der Waals surface area contributed by atoms with Gasteiger partial charge in [-0.2, -0.15) is 0 Å². The zero-order valence-corrected chi connectivity index (χ0v) is 22.3. The molecule has 40 heavy (non-hydrogen) atoms. The molecule has 2 amide bonds. The van der Waals surface area contributed by atoms with Gasteiger partial charge >= 0.3 is 0 Å². The largest absolute Gasteiger partial charge is 0.486 e. The molecule has 0 bridgehead atoms. The third kappa shape index (κ3) is 5.35. The summed E-state index contributed by atoms with van der Waals surface area (Å²) in [5.74, 6) is 0.491. The van der Waals surface area contributed by atoms with Gasteiger partial charge in [-0.15, -0.1) is 5.10 Å². The van der Waals surface area contributed by atoms with Gasteiger partial charge in [-0.1, -0.05) is 47.2 Å². The van der Waals surface area contributed by atoms with Crippen LogP contribution in [0.4, 0.5) is 5.69 Å². The number of hydrogen-bond acceptors (Lipinski definition) is 7. The Morgan fingerprint density at radius 3 is 2.62 bits per heavy atom. The van der Waals surface area contributed by atoms with E-state index in [0.717, 1.165) is 23.9 Å². The molecule has 2 atom stereocenters. The molecule has 10 nitrogen and oxygen atoms in total. The van der Waals surface area contributed by atoms with Crippen molar-refractivity contribution in [2.24, 2.45) is 0 Å². The van der Waals surface area contributed by atoms with Crippen molar-refractivity contribution >= 4 is 28.5 Å². The standard InChI is InChI=1S/C30H31N5O5/c1-20-8-10-21(11-9-20)29(30(37)31-18-23-5-4-14-38-23)35(22-12-13-26-27(17-22)40-16-15-39-26)28(36)19-34-25-7-3-2-6-24(25)32-33-34/h2-3,6-13,17,23,29H,4-5,14-16,18-19H2,1H3,(H,31,37)/t23-,29+/m1/s1. The molecule has 1 aromatic heterocycles. The van der Waals surface area contributed by atoms with Crippen molar-refractivity contribution in [1.29, 1.82) is 0 Å². The quantitative estimate of drug-likeness (QED) is 0.363. The molecule has 2 aliphatic heterocycles. The third-order valence-corrected chi connectivity index (χ3v) is 7.21. The number of benzene rings is 3. The smallest absolute Gasteiger partial charge is 0.249 e. The number of carbonyl (C=O) groups is 2. The Morgan fingerprint density at radius 1 is 1.02 bits per heavy atom. The van der Waals surface area contributed by atoms with E-state index in [4.69, 9.17) is 14.2 Å². The van der Waals surface area contributed by atoms with Gasteiger partial charge in [0, 0.05) is 24.9 Å². The van der Waals surface area contributed by atoms with Crippen molar-refractivity contribution in [3.8, 4) is 11.5 Å². The Balaban J connectivity index is 1.40. The summed E-state index contributed by atoms with van der Waals surface area (Å²) in [5.41, 5.74) is 3.66. The number of aryl methyl sites for hydroxylation is 1. The van der Waals surface area contributed by atoms with Crippen LogP contribution in [0.25, 0.3) is 11.0 Å². The number of nitrogens with one attached hydrogen (secondary N) is 1. The number of para-hydroxylation sites is 1. The van der Waals surface area contributed by atoms with E-state index in [2.05, 4.69) is 15.6 Å². The lowest BCUT2D eigenvalue weighted by Crippen LogP contribution is -2.46. The number of aromatic nitrogens is 3. The second kappa shape index (κ2) is 11.4. The lowest BCUT2D eigenvalue weighted by Gasteiger charge is -2.32. The number of rotatable bonds is 8. The van der Waals surface area contributed by atoms with Crippen LogP contribution in [0.15, 0.2) is 66.7 Å². The van der Waals surface area contributed by atoms with Crippen molar-refractivity contribution < 1.29 is 23.8 Å². The Hall–Kier alpha value is -4.44. The molecule has 10 heteroatoms. The van der Waals surface area contributed by atoms with Gasteiger partial charge in [0.1, 0.15) is 31.3 Å². The second-order valence-electron chi connectivity index (χ2n) is 10.0. The molecule has 206 valence electrons. The van der Waals surface area contributed by atoms with E-state index in [1.165, 1.54) is 4.90 Å². The maximum atomic E-state index is 14.2. The van der Waals surface area contributed by atoms with Gasteiger partial charge in [-0.05, 0) is 49.6 Å². The van der Waals surface area contributed by atoms with Gasteiger partial charge in [0.2, 0.25) is 11.8 Å². The van der Waals surface area contributed by atoms with Gasteiger partial charge in [0.15, 0.2) is 11.5 Å². The van der Waals surface area contributed by atoms with E-state index in [0.29, 0.717) is 54.6 Å². The predicted octanol–water partition coefficient (Wildman–Crippen LogP) is 3.58. The van der Waals surface area contributed by atoms with Crippen molar-refractivity contribution in [1.82, 2.24) is 20.3 Å². The average molecular weight is 542 g/mol. The third-order valence-electron chi connectivity index (χ3n) is 7.21. The van der Waals surface area contributed by atoms with E-state index in [9.17, 15) is 9.59 Å². The molecule has 0 unspecified atom stereocenters. The summed E-state index contributed by atoms with van der Waals surface area (Å²) in [6.07, 6.45) is 1.82. The van der Waals surface area contributed by atoms with Crippen LogP contribution in [-0.2, 0) is 20.9 Å². The molecule has 1 fully saturated rings. The van der Waals surface area contributed by atoms with Gasteiger partial charge in [-0.25, -0.2) is 4.68 Å². The first kappa shape index (κ1) is 25.8. The molecule has 0 saturated carbocycles. The summed E-state index contributed by atoms with van der Waals surface area (Å²) in [6, 6.07) is 19.4. The van der Waals surface area contributed by atoms with Crippen LogP contribution in [0, 0.1) is 6.92 Å². The number of hydrogen-bond donors (Lipinski definition) is 1. The minimum atomic E-state index is -0.952. The maximum absolute atomic E-state index is 14.2. The summed E-state index contributed by atoms with van der Waals surface area (Å²) in [5, 5.41) is 11.5. The Bertz CT molecular complexity index is 1510. The fraction of sp³-hybridized carbons (Fsp3) is 0.333. The van der Waals surface area contributed by atoms with Crippen LogP contribution < -0.4 is 19.7 Å². The Kier molecular flexibility index (Phi) is 7.33. The maximum Gasteiger partial charge on any atom is 0.249 e. The zero-order valence-electron chi connectivity index (χ0n) is 22.3. The highest BCUT2D eigenvalue weighted by Gasteiger charge is 2.34. The SMILES string of the molecule is Cc1ccc([C@@H](C(=O)NC[C@H]2CCCO2)N(C(=O)Cn2nnc3ccccc32)c2ccc3c(c2)OCCO3)cc1. The molecule has 4 aromatic rings. The number of nitrogens with zero attached hydrogens (tertiary/aromatic N) is 4. The lowest BCUT2D eigenvalue weighted by molar-refractivity contribution is -0.127. The van der Waals surface area contributed by atoms with Crippen LogP contribution in [0.1, 0.15) is 30.0 Å². The van der Waals surface area contributed by atoms with Gasteiger partial charge < -0.3 is 19.5 Å². The lowest BCUT2D eigenvalue weighted by atomic mass is 10.0. The molecule has 0 radical (unpaired) electrons. The van der Waals surface area contributed by atoms with Gasteiger partial charge in [0.25, 0.3) is 0 Å².